The Labute approximate surface area is 113 Å². The van der Waals surface area contributed by atoms with Gasteiger partial charge in [-0.15, -0.1) is 0 Å². The molecule has 2 aliphatic rings. The molecular formula is C14H21NO4. The molecule has 2 N–H and O–H groups in total. The van der Waals surface area contributed by atoms with Gasteiger partial charge in [-0.05, 0) is 32.1 Å². The lowest BCUT2D eigenvalue weighted by molar-refractivity contribution is -0.147. The molecule has 0 aromatic heterocycles. The molecule has 106 valence electrons. The quantitative estimate of drug-likeness (QED) is 0.557. The molecule has 5 nitrogen and oxygen atoms in total. The lowest BCUT2D eigenvalue weighted by Gasteiger charge is -2.23. The van der Waals surface area contributed by atoms with Crippen LogP contribution in [0.2, 0.25) is 0 Å². The number of hydrogen-bond acceptors (Lipinski definition) is 3. The van der Waals surface area contributed by atoms with Gasteiger partial charge < -0.3 is 15.2 Å². The molecule has 4 atom stereocenters. The van der Waals surface area contributed by atoms with Gasteiger partial charge >= 0.3 is 5.97 Å². The van der Waals surface area contributed by atoms with Crippen LogP contribution < -0.4 is 5.32 Å². The average Bonchev–Trinajstić information content (AvgIpc) is 2.93. The maximum Gasteiger partial charge on any atom is 0.307 e. The predicted molar refractivity (Wildman–Crippen MR) is 69.5 cm³/mol. The van der Waals surface area contributed by atoms with Gasteiger partial charge in [-0.2, -0.15) is 0 Å². The lowest BCUT2D eigenvalue weighted by Crippen LogP contribution is -2.41. The monoisotopic (exact) mass is 267 g/mol. The molecule has 0 saturated heterocycles. The number of carbonyl (C=O) groups excluding carboxylic acids is 1. The smallest absolute Gasteiger partial charge is 0.307 e. The van der Waals surface area contributed by atoms with Crippen molar-refractivity contribution in [2.24, 2.45) is 23.7 Å². The highest BCUT2D eigenvalue weighted by atomic mass is 16.5. The summed E-state index contributed by atoms with van der Waals surface area (Å²) in [6, 6.07) is 0. The van der Waals surface area contributed by atoms with E-state index >= 15 is 0 Å². The highest BCUT2D eigenvalue weighted by Crippen LogP contribution is 2.48. The summed E-state index contributed by atoms with van der Waals surface area (Å²) < 4.78 is 5.35. The van der Waals surface area contributed by atoms with E-state index in [0.29, 0.717) is 13.2 Å². The largest absolute Gasteiger partial charge is 0.481 e. The third kappa shape index (κ3) is 2.97. The van der Waals surface area contributed by atoms with Gasteiger partial charge in [0.05, 0.1) is 24.5 Å². The van der Waals surface area contributed by atoms with E-state index < -0.39 is 17.8 Å². The van der Waals surface area contributed by atoms with E-state index in [1.807, 2.05) is 26.0 Å². The molecule has 0 aromatic carbocycles. The zero-order valence-corrected chi connectivity index (χ0v) is 11.3. The Morgan fingerprint density at radius 1 is 1.32 bits per heavy atom. The fourth-order valence-electron chi connectivity index (χ4n) is 3.10. The Hall–Kier alpha value is -1.36. The van der Waals surface area contributed by atoms with Gasteiger partial charge in [0.2, 0.25) is 5.91 Å². The molecule has 2 aliphatic carbocycles. The first-order chi connectivity index (χ1) is 9.00. The molecule has 0 aromatic rings. The molecule has 0 spiro atoms. The molecule has 2 bridgehead atoms. The predicted octanol–water partition coefficient (Wildman–Crippen LogP) is 1.05. The first-order valence-corrected chi connectivity index (χ1v) is 6.81. The minimum atomic E-state index is -0.865. The number of carbonyl (C=O) groups is 2. The standard InChI is InChI=1S/C14H21NO4/c1-8(2)19-6-5-15-13(16)11-9-3-4-10(7-9)12(11)14(17)18/h3-4,8-12H,5-7H2,1-2H3,(H,15,16)(H,17,18). The Kier molecular flexibility index (Phi) is 4.24. The van der Waals surface area contributed by atoms with Gasteiger partial charge in [0.25, 0.3) is 0 Å². The van der Waals surface area contributed by atoms with Crippen molar-refractivity contribution < 1.29 is 19.4 Å². The van der Waals surface area contributed by atoms with Crippen molar-refractivity contribution in [2.75, 3.05) is 13.2 Å². The molecule has 19 heavy (non-hydrogen) atoms. The van der Waals surface area contributed by atoms with Gasteiger partial charge in [-0.1, -0.05) is 12.2 Å². The van der Waals surface area contributed by atoms with Crippen LogP contribution in [-0.4, -0.2) is 36.2 Å². The van der Waals surface area contributed by atoms with E-state index in [9.17, 15) is 14.7 Å². The van der Waals surface area contributed by atoms with Crippen LogP contribution in [0, 0.1) is 23.7 Å². The fraction of sp³-hybridized carbons (Fsp3) is 0.714. The molecule has 1 fully saturated rings. The second-order valence-electron chi connectivity index (χ2n) is 5.55. The van der Waals surface area contributed by atoms with Crippen LogP contribution in [-0.2, 0) is 14.3 Å². The van der Waals surface area contributed by atoms with Crippen molar-refractivity contribution >= 4 is 11.9 Å². The number of allylic oxidation sites excluding steroid dienone is 2. The van der Waals surface area contributed by atoms with E-state index in [0.717, 1.165) is 6.42 Å². The van der Waals surface area contributed by atoms with Crippen LogP contribution in [0.25, 0.3) is 0 Å². The second kappa shape index (κ2) is 5.74. The fourth-order valence-corrected chi connectivity index (χ4v) is 3.10. The normalized spacial score (nSPS) is 31.9. The summed E-state index contributed by atoms with van der Waals surface area (Å²) in [5.74, 6) is -1.91. The summed E-state index contributed by atoms with van der Waals surface area (Å²) in [4.78, 5) is 23.4. The number of carboxylic acids is 1. The van der Waals surface area contributed by atoms with Gasteiger partial charge in [0.15, 0.2) is 0 Å². The number of hydrogen-bond donors (Lipinski definition) is 2. The van der Waals surface area contributed by atoms with Crippen LogP contribution in [0.4, 0.5) is 0 Å². The maximum absolute atomic E-state index is 12.1. The Balaban J connectivity index is 1.88. The highest BCUT2D eigenvalue weighted by molar-refractivity contribution is 5.86. The molecular weight excluding hydrogens is 246 g/mol. The first kappa shape index (κ1) is 14.1. The SMILES string of the molecule is CC(C)OCCNC(=O)C1C2C=CC(C2)C1C(=O)O. The van der Waals surface area contributed by atoms with Gasteiger partial charge in [-0.3, -0.25) is 9.59 Å². The van der Waals surface area contributed by atoms with Crippen LogP contribution in [0.3, 0.4) is 0 Å². The zero-order chi connectivity index (χ0) is 14.0. The van der Waals surface area contributed by atoms with Gasteiger partial charge in [-0.25, -0.2) is 0 Å². The van der Waals surface area contributed by atoms with Crippen molar-refractivity contribution in [2.45, 2.75) is 26.4 Å². The highest BCUT2D eigenvalue weighted by Gasteiger charge is 2.51. The molecule has 0 radical (unpaired) electrons. The Bertz CT molecular complexity index is 391. The molecule has 5 heteroatoms. The number of carboxylic acid groups (broad SMARTS) is 1. The summed E-state index contributed by atoms with van der Waals surface area (Å²) in [5, 5.41) is 12.0. The van der Waals surface area contributed by atoms with Gasteiger partial charge in [0, 0.05) is 6.54 Å². The van der Waals surface area contributed by atoms with Crippen molar-refractivity contribution in [3.63, 3.8) is 0 Å². The van der Waals surface area contributed by atoms with Crippen molar-refractivity contribution in [1.29, 1.82) is 0 Å². The third-order valence-electron chi connectivity index (χ3n) is 3.90. The zero-order valence-electron chi connectivity index (χ0n) is 11.3. The second-order valence-corrected chi connectivity index (χ2v) is 5.55. The van der Waals surface area contributed by atoms with E-state index in [1.165, 1.54) is 0 Å². The number of fused-ring (bicyclic) bond motifs is 2. The average molecular weight is 267 g/mol. The van der Waals surface area contributed by atoms with Crippen molar-refractivity contribution in [3.05, 3.63) is 12.2 Å². The number of ether oxygens (including phenoxy) is 1. The lowest BCUT2D eigenvalue weighted by atomic mass is 9.82. The number of amides is 1. The molecule has 2 rings (SSSR count). The van der Waals surface area contributed by atoms with Crippen molar-refractivity contribution in [1.82, 2.24) is 5.32 Å². The van der Waals surface area contributed by atoms with Crippen LogP contribution >= 0.6 is 0 Å². The minimum absolute atomic E-state index is 0.0187. The summed E-state index contributed by atoms with van der Waals surface area (Å²) in [6.07, 6.45) is 4.85. The molecule has 1 amide bonds. The molecule has 4 unspecified atom stereocenters. The van der Waals surface area contributed by atoms with Gasteiger partial charge in [0.1, 0.15) is 0 Å². The van der Waals surface area contributed by atoms with Crippen molar-refractivity contribution in [3.8, 4) is 0 Å². The minimum Gasteiger partial charge on any atom is -0.481 e. The summed E-state index contributed by atoms with van der Waals surface area (Å²) in [6.45, 7) is 4.75. The number of nitrogens with one attached hydrogen (secondary N) is 1. The number of rotatable bonds is 6. The Morgan fingerprint density at radius 2 is 1.95 bits per heavy atom. The van der Waals surface area contributed by atoms with Crippen LogP contribution in [0.15, 0.2) is 12.2 Å². The maximum atomic E-state index is 12.1. The third-order valence-corrected chi connectivity index (χ3v) is 3.90. The summed E-state index contributed by atoms with van der Waals surface area (Å²) in [5.41, 5.74) is 0. The summed E-state index contributed by atoms with van der Waals surface area (Å²) in [7, 11) is 0. The Morgan fingerprint density at radius 3 is 2.53 bits per heavy atom. The van der Waals surface area contributed by atoms with E-state index in [2.05, 4.69) is 5.32 Å². The first-order valence-electron chi connectivity index (χ1n) is 6.81. The molecule has 1 saturated carbocycles. The van der Waals surface area contributed by atoms with E-state index in [4.69, 9.17) is 4.74 Å². The van der Waals surface area contributed by atoms with Crippen LogP contribution in [0.1, 0.15) is 20.3 Å². The van der Waals surface area contributed by atoms with E-state index in [1.54, 1.807) is 0 Å². The summed E-state index contributed by atoms with van der Waals surface area (Å²) >= 11 is 0. The topological polar surface area (TPSA) is 75.6 Å². The number of aliphatic carboxylic acids is 1. The van der Waals surface area contributed by atoms with Crippen LogP contribution in [0.5, 0.6) is 0 Å². The van der Waals surface area contributed by atoms with E-state index in [-0.39, 0.29) is 23.8 Å². The molecule has 0 heterocycles. The molecule has 0 aliphatic heterocycles.